The topological polar surface area (TPSA) is 32.5 Å². The van der Waals surface area contributed by atoms with Crippen molar-refractivity contribution in [2.75, 3.05) is 32.7 Å². The summed E-state index contributed by atoms with van der Waals surface area (Å²) in [5.74, 6) is 0. The van der Waals surface area contributed by atoms with Crippen molar-refractivity contribution in [2.24, 2.45) is 5.73 Å². The van der Waals surface area contributed by atoms with E-state index in [0.29, 0.717) is 6.04 Å². The van der Waals surface area contributed by atoms with Gasteiger partial charge in [0.25, 0.3) is 0 Å². The fraction of sp³-hybridized carbons (Fsp3) is 1.00. The van der Waals surface area contributed by atoms with E-state index in [0.717, 1.165) is 12.6 Å². The lowest BCUT2D eigenvalue weighted by Gasteiger charge is -2.43. The lowest BCUT2D eigenvalue weighted by atomic mass is 9.91. The second kappa shape index (κ2) is 4.60. The first-order chi connectivity index (χ1) is 6.75. The monoisotopic (exact) mass is 197 g/mol. The lowest BCUT2D eigenvalue weighted by Crippen LogP contribution is -2.53. The largest absolute Gasteiger partial charge is 0.327 e. The van der Waals surface area contributed by atoms with E-state index in [-0.39, 0.29) is 0 Å². The number of hydrogen-bond acceptors (Lipinski definition) is 3. The van der Waals surface area contributed by atoms with E-state index in [9.17, 15) is 0 Å². The average molecular weight is 197 g/mol. The van der Waals surface area contributed by atoms with Crippen LogP contribution in [-0.4, -0.2) is 54.6 Å². The highest BCUT2D eigenvalue weighted by molar-refractivity contribution is 4.84. The summed E-state index contributed by atoms with van der Waals surface area (Å²) in [4.78, 5) is 5.17. The number of nitrogens with two attached hydrogens (primary N) is 1. The highest BCUT2D eigenvalue weighted by Gasteiger charge is 2.27. The maximum Gasteiger partial charge on any atom is 0.0139 e. The number of rotatable bonds is 3. The molecule has 0 spiro atoms. The minimum atomic E-state index is 0.324. The lowest BCUT2D eigenvalue weighted by molar-refractivity contribution is 0.0601. The molecule has 0 bridgehead atoms. The van der Waals surface area contributed by atoms with Crippen LogP contribution < -0.4 is 5.73 Å². The summed E-state index contributed by atoms with van der Waals surface area (Å²) in [5, 5.41) is 0. The van der Waals surface area contributed by atoms with Gasteiger partial charge in [0.15, 0.2) is 0 Å². The summed E-state index contributed by atoms with van der Waals surface area (Å²) < 4.78 is 0. The van der Waals surface area contributed by atoms with Crippen molar-refractivity contribution < 1.29 is 0 Å². The van der Waals surface area contributed by atoms with Crippen LogP contribution in [0, 0.1) is 0 Å². The van der Waals surface area contributed by atoms with Crippen LogP contribution in [0.15, 0.2) is 0 Å². The Morgan fingerprint density at radius 1 is 1.21 bits per heavy atom. The zero-order chi connectivity index (χ0) is 9.97. The predicted molar refractivity (Wildman–Crippen MR) is 59.3 cm³/mol. The summed E-state index contributed by atoms with van der Waals surface area (Å²) in [7, 11) is 0. The van der Waals surface area contributed by atoms with Crippen molar-refractivity contribution in [1.29, 1.82) is 0 Å². The third-order valence-electron chi connectivity index (χ3n) is 3.54. The Morgan fingerprint density at radius 3 is 2.29 bits per heavy atom. The molecule has 3 nitrogen and oxygen atoms in total. The van der Waals surface area contributed by atoms with Gasteiger partial charge in [-0.25, -0.2) is 0 Å². The first kappa shape index (κ1) is 10.4. The van der Waals surface area contributed by atoms with Crippen molar-refractivity contribution in [3.05, 3.63) is 0 Å². The highest BCUT2D eigenvalue weighted by Crippen LogP contribution is 2.25. The Morgan fingerprint density at radius 2 is 1.86 bits per heavy atom. The number of nitrogens with zero attached hydrogens (tertiary/aromatic N) is 2. The molecule has 2 fully saturated rings. The van der Waals surface area contributed by atoms with E-state index < -0.39 is 0 Å². The van der Waals surface area contributed by atoms with Gasteiger partial charge in [0.2, 0.25) is 0 Å². The molecule has 14 heavy (non-hydrogen) atoms. The minimum absolute atomic E-state index is 0.324. The zero-order valence-corrected chi connectivity index (χ0v) is 9.28. The van der Waals surface area contributed by atoms with Gasteiger partial charge in [-0.05, 0) is 19.8 Å². The Hall–Kier alpha value is -0.120. The maximum atomic E-state index is 5.80. The van der Waals surface area contributed by atoms with E-state index in [4.69, 9.17) is 5.73 Å². The summed E-state index contributed by atoms with van der Waals surface area (Å²) >= 11 is 0. The van der Waals surface area contributed by atoms with Crippen LogP contribution in [0.4, 0.5) is 0 Å². The van der Waals surface area contributed by atoms with Gasteiger partial charge in [0, 0.05) is 44.8 Å². The molecule has 3 heteroatoms. The van der Waals surface area contributed by atoms with Crippen LogP contribution >= 0.6 is 0 Å². The molecular weight excluding hydrogens is 174 g/mol. The van der Waals surface area contributed by atoms with Crippen LogP contribution in [0.3, 0.4) is 0 Å². The van der Waals surface area contributed by atoms with Gasteiger partial charge >= 0.3 is 0 Å². The van der Waals surface area contributed by atoms with Crippen LogP contribution in [0.25, 0.3) is 0 Å². The quantitative estimate of drug-likeness (QED) is 0.715. The third-order valence-corrected chi connectivity index (χ3v) is 3.54. The Bertz CT molecular complexity index is 169. The Labute approximate surface area is 87.2 Å². The molecule has 0 radical (unpaired) electrons. The van der Waals surface area contributed by atoms with Crippen LogP contribution in [-0.2, 0) is 0 Å². The van der Waals surface area contributed by atoms with Gasteiger partial charge in [-0.15, -0.1) is 0 Å². The number of hydrogen-bond donors (Lipinski definition) is 1. The second-order valence-electron chi connectivity index (χ2n) is 4.90. The van der Waals surface area contributed by atoms with Crippen LogP contribution in [0.2, 0.25) is 0 Å². The smallest absolute Gasteiger partial charge is 0.0139 e. The summed E-state index contributed by atoms with van der Waals surface area (Å²) in [6.07, 6.45) is 4.32. The summed E-state index contributed by atoms with van der Waals surface area (Å²) in [5.41, 5.74) is 5.80. The normalized spacial score (nSPS) is 28.7. The molecule has 0 aromatic rings. The average Bonchev–Trinajstić information content (AvgIpc) is 2.04. The van der Waals surface area contributed by atoms with Gasteiger partial charge in [-0.1, -0.05) is 6.42 Å². The van der Waals surface area contributed by atoms with E-state index >= 15 is 0 Å². The van der Waals surface area contributed by atoms with Crippen molar-refractivity contribution >= 4 is 0 Å². The van der Waals surface area contributed by atoms with Crippen molar-refractivity contribution in [1.82, 2.24) is 9.80 Å². The molecular formula is C11H23N3. The molecule has 2 aliphatic rings. The fourth-order valence-electron chi connectivity index (χ4n) is 2.47. The standard InChI is InChI=1S/C11H23N3/c1-10(12)9-13-5-7-14(8-6-13)11-3-2-4-11/h10-11H,2-9,12H2,1H3. The van der Waals surface area contributed by atoms with Gasteiger partial charge in [0.05, 0.1) is 0 Å². The van der Waals surface area contributed by atoms with Gasteiger partial charge in [-0.3, -0.25) is 9.80 Å². The molecule has 0 aromatic heterocycles. The van der Waals surface area contributed by atoms with Crippen molar-refractivity contribution in [3.63, 3.8) is 0 Å². The molecule has 0 amide bonds. The van der Waals surface area contributed by atoms with E-state index in [2.05, 4.69) is 16.7 Å². The molecule has 1 saturated heterocycles. The third kappa shape index (κ3) is 2.47. The molecule has 1 heterocycles. The fourth-order valence-corrected chi connectivity index (χ4v) is 2.47. The maximum absolute atomic E-state index is 5.80. The first-order valence-electron chi connectivity index (χ1n) is 5.97. The SMILES string of the molecule is CC(N)CN1CCN(C2CCC2)CC1. The van der Waals surface area contributed by atoms with Crippen molar-refractivity contribution in [3.8, 4) is 0 Å². The van der Waals surface area contributed by atoms with E-state index in [1.165, 1.54) is 45.4 Å². The minimum Gasteiger partial charge on any atom is -0.327 e. The number of piperazine rings is 1. The van der Waals surface area contributed by atoms with E-state index in [1.54, 1.807) is 0 Å². The molecule has 82 valence electrons. The summed E-state index contributed by atoms with van der Waals surface area (Å²) in [6, 6.07) is 1.25. The van der Waals surface area contributed by atoms with Gasteiger partial charge in [0.1, 0.15) is 0 Å². The van der Waals surface area contributed by atoms with E-state index in [1.807, 2.05) is 0 Å². The first-order valence-corrected chi connectivity index (χ1v) is 5.97. The van der Waals surface area contributed by atoms with Crippen LogP contribution in [0.1, 0.15) is 26.2 Å². The predicted octanol–water partition coefficient (Wildman–Crippen LogP) is 0.504. The van der Waals surface area contributed by atoms with Gasteiger partial charge < -0.3 is 5.73 Å². The highest BCUT2D eigenvalue weighted by atomic mass is 15.3. The second-order valence-corrected chi connectivity index (χ2v) is 4.90. The zero-order valence-electron chi connectivity index (χ0n) is 9.28. The molecule has 1 aliphatic carbocycles. The summed E-state index contributed by atoms with van der Waals surface area (Å²) in [6.45, 7) is 8.13. The molecule has 2 rings (SSSR count). The molecule has 1 unspecified atom stereocenters. The molecule has 1 atom stereocenters. The Kier molecular flexibility index (Phi) is 3.42. The van der Waals surface area contributed by atoms with Crippen molar-refractivity contribution in [2.45, 2.75) is 38.3 Å². The molecule has 0 aromatic carbocycles. The van der Waals surface area contributed by atoms with Crippen LogP contribution in [0.5, 0.6) is 0 Å². The molecule has 1 saturated carbocycles. The van der Waals surface area contributed by atoms with Gasteiger partial charge in [-0.2, -0.15) is 0 Å². The molecule has 2 N–H and O–H groups in total. The Balaban J connectivity index is 1.69. The molecule has 1 aliphatic heterocycles.